The Morgan fingerprint density at radius 3 is 2.95 bits per heavy atom. The zero-order valence-electron chi connectivity index (χ0n) is 12.2. The number of nitrogens with zero attached hydrogens (tertiary/aromatic N) is 1. The van der Waals surface area contributed by atoms with Gasteiger partial charge in [0.15, 0.2) is 6.61 Å². The zero-order chi connectivity index (χ0) is 15.9. The van der Waals surface area contributed by atoms with Crippen molar-refractivity contribution in [3.05, 3.63) is 40.2 Å². The van der Waals surface area contributed by atoms with Crippen LogP contribution in [0.2, 0.25) is 0 Å². The molecule has 6 heteroatoms. The van der Waals surface area contributed by atoms with Crippen molar-refractivity contribution >= 4 is 16.9 Å². The molecule has 0 unspecified atom stereocenters. The van der Waals surface area contributed by atoms with Crippen molar-refractivity contribution < 1.29 is 13.9 Å². The van der Waals surface area contributed by atoms with Gasteiger partial charge < -0.3 is 14.5 Å². The van der Waals surface area contributed by atoms with Gasteiger partial charge in [-0.3, -0.25) is 4.79 Å². The summed E-state index contributed by atoms with van der Waals surface area (Å²) < 4.78 is 10.5. The molecule has 0 aliphatic carbocycles. The number of rotatable bonds is 6. The Bertz CT molecular complexity index is 774. The first-order chi connectivity index (χ1) is 10.6. The SMILES string of the molecule is CCc1cc(=O)oc2cc(OCC(=O)NCCC#N)ccc12. The average Bonchev–Trinajstić information content (AvgIpc) is 2.52. The number of fused-ring (bicyclic) bond motifs is 1. The van der Waals surface area contributed by atoms with Crippen LogP contribution in [-0.4, -0.2) is 19.1 Å². The van der Waals surface area contributed by atoms with Gasteiger partial charge in [-0.25, -0.2) is 4.79 Å². The van der Waals surface area contributed by atoms with E-state index in [1.165, 1.54) is 6.07 Å². The van der Waals surface area contributed by atoms with Crippen molar-refractivity contribution in [1.82, 2.24) is 5.32 Å². The van der Waals surface area contributed by atoms with Crippen molar-refractivity contribution in [2.75, 3.05) is 13.2 Å². The van der Waals surface area contributed by atoms with Crippen LogP contribution in [0.5, 0.6) is 5.75 Å². The molecular formula is C16H16N2O4. The number of aryl methyl sites for hydroxylation is 1. The summed E-state index contributed by atoms with van der Waals surface area (Å²) >= 11 is 0. The number of hydrogen-bond donors (Lipinski definition) is 1. The van der Waals surface area contributed by atoms with Crippen LogP contribution in [0.3, 0.4) is 0 Å². The van der Waals surface area contributed by atoms with E-state index in [9.17, 15) is 9.59 Å². The summed E-state index contributed by atoms with van der Waals surface area (Å²) in [5, 5.41) is 11.8. The Morgan fingerprint density at radius 1 is 1.41 bits per heavy atom. The first-order valence-electron chi connectivity index (χ1n) is 6.97. The summed E-state index contributed by atoms with van der Waals surface area (Å²) in [6, 6.07) is 8.54. The van der Waals surface area contributed by atoms with Crippen LogP contribution in [0.15, 0.2) is 33.5 Å². The van der Waals surface area contributed by atoms with E-state index in [-0.39, 0.29) is 18.9 Å². The van der Waals surface area contributed by atoms with Crippen molar-refractivity contribution in [3.63, 3.8) is 0 Å². The number of carbonyl (C=O) groups is 1. The minimum atomic E-state index is -0.407. The Balaban J connectivity index is 2.08. The maximum atomic E-state index is 11.5. The lowest BCUT2D eigenvalue weighted by atomic mass is 10.1. The van der Waals surface area contributed by atoms with Crippen LogP contribution in [0.25, 0.3) is 11.0 Å². The lowest BCUT2D eigenvalue weighted by Crippen LogP contribution is -2.29. The highest BCUT2D eigenvalue weighted by atomic mass is 16.5. The standard InChI is InChI=1S/C16H16N2O4/c1-2-11-8-16(20)22-14-9-12(4-5-13(11)14)21-10-15(19)18-7-3-6-17/h4-5,8-9H,2-3,7,10H2,1H3,(H,18,19). The molecule has 1 N–H and O–H groups in total. The predicted molar refractivity (Wildman–Crippen MR) is 80.6 cm³/mol. The highest BCUT2D eigenvalue weighted by Gasteiger charge is 2.07. The fraction of sp³-hybridized carbons (Fsp3) is 0.312. The normalized spacial score (nSPS) is 10.2. The number of hydrogen-bond acceptors (Lipinski definition) is 5. The van der Waals surface area contributed by atoms with E-state index in [1.54, 1.807) is 18.2 Å². The van der Waals surface area contributed by atoms with E-state index in [0.717, 1.165) is 17.4 Å². The van der Waals surface area contributed by atoms with E-state index < -0.39 is 5.63 Å². The molecule has 1 aromatic heterocycles. The summed E-state index contributed by atoms with van der Waals surface area (Å²) in [7, 11) is 0. The third-order valence-corrected chi connectivity index (χ3v) is 3.11. The summed E-state index contributed by atoms with van der Waals surface area (Å²) in [6.07, 6.45) is 0.982. The van der Waals surface area contributed by atoms with E-state index in [4.69, 9.17) is 14.4 Å². The molecule has 2 rings (SSSR count). The molecule has 2 aromatic rings. The van der Waals surface area contributed by atoms with Crippen LogP contribution >= 0.6 is 0 Å². The van der Waals surface area contributed by atoms with Gasteiger partial charge in [0.2, 0.25) is 0 Å². The van der Waals surface area contributed by atoms with Gasteiger partial charge in [-0.2, -0.15) is 5.26 Å². The molecule has 1 heterocycles. The minimum Gasteiger partial charge on any atom is -0.484 e. The van der Waals surface area contributed by atoms with Gasteiger partial charge in [0, 0.05) is 24.1 Å². The second kappa shape index (κ2) is 7.27. The summed E-state index contributed by atoms with van der Waals surface area (Å²) in [4.78, 5) is 23.0. The van der Waals surface area contributed by atoms with Crippen LogP contribution in [0, 0.1) is 11.3 Å². The van der Waals surface area contributed by atoms with Gasteiger partial charge in [0.1, 0.15) is 11.3 Å². The van der Waals surface area contributed by atoms with Gasteiger partial charge in [-0.15, -0.1) is 0 Å². The van der Waals surface area contributed by atoms with Gasteiger partial charge in [0.05, 0.1) is 12.5 Å². The molecule has 0 aliphatic heterocycles. The first-order valence-corrected chi connectivity index (χ1v) is 6.97. The Hall–Kier alpha value is -2.81. The lowest BCUT2D eigenvalue weighted by Gasteiger charge is -2.08. The number of ether oxygens (including phenoxy) is 1. The highest BCUT2D eigenvalue weighted by Crippen LogP contribution is 2.22. The first kappa shape index (κ1) is 15.6. The number of nitriles is 1. The Labute approximate surface area is 127 Å². The fourth-order valence-corrected chi connectivity index (χ4v) is 2.05. The molecule has 1 aromatic carbocycles. The maximum absolute atomic E-state index is 11.5. The van der Waals surface area contributed by atoms with Crippen LogP contribution < -0.4 is 15.7 Å². The second-order valence-corrected chi connectivity index (χ2v) is 4.65. The molecule has 114 valence electrons. The van der Waals surface area contributed by atoms with E-state index in [2.05, 4.69) is 5.32 Å². The number of carbonyl (C=O) groups excluding carboxylic acids is 1. The molecule has 0 fully saturated rings. The van der Waals surface area contributed by atoms with Crippen LogP contribution in [-0.2, 0) is 11.2 Å². The van der Waals surface area contributed by atoms with Gasteiger partial charge >= 0.3 is 5.63 Å². The van der Waals surface area contributed by atoms with E-state index in [1.807, 2.05) is 13.0 Å². The highest BCUT2D eigenvalue weighted by molar-refractivity contribution is 5.82. The van der Waals surface area contributed by atoms with Crippen LogP contribution in [0.4, 0.5) is 0 Å². The summed E-state index contributed by atoms with van der Waals surface area (Å²) in [5.41, 5.74) is 0.939. The summed E-state index contributed by atoms with van der Waals surface area (Å²) in [5.74, 6) is 0.137. The average molecular weight is 300 g/mol. The topological polar surface area (TPSA) is 92.3 Å². The van der Waals surface area contributed by atoms with Crippen molar-refractivity contribution in [2.45, 2.75) is 19.8 Å². The fourth-order valence-electron chi connectivity index (χ4n) is 2.05. The third-order valence-electron chi connectivity index (χ3n) is 3.11. The third kappa shape index (κ3) is 3.85. The van der Waals surface area contributed by atoms with Gasteiger partial charge in [-0.05, 0) is 24.1 Å². The molecular weight excluding hydrogens is 284 g/mol. The second-order valence-electron chi connectivity index (χ2n) is 4.65. The molecule has 0 saturated heterocycles. The Kier molecular flexibility index (Phi) is 5.15. The molecule has 6 nitrogen and oxygen atoms in total. The molecule has 0 bridgehead atoms. The molecule has 0 aliphatic rings. The summed E-state index contributed by atoms with van der Waals surface area (Å²) in [6.45, 7) is 2.10. The molecule has 0 saturated carbocycles. The van der Waals surface area contributed by atoms with Crippen LogP contribution in [0.1, 0.15) is 18.9 Å². The largest absolute Gasteiger partial charge is 0.484 e. The minimum absolute atomic E-state index is 0.158. The van der Waals surface area contributed by atoms with Gasteiger partial charge in [-0.1, -0.05) is 6.92 Å². The number of nitrogens with one attached hydrogen (secondary N) is 1. The van der Waals surface area contributed by atoms with Crippen molar-refractivity contribution in [1.29, 1.82) is 5.26 Å². The predicted octanol–water partition coefficient (Wildman–Crippen LogP) is 1.76. The molecule has 0 radical (unpaired) electrons. The monoisotopic (exact) mass is 300 g/mol. The molecule has 22 heavy (non-hydrogen) atoms. The molecule has 1 amide bonds. The molecule has 0 spiro atoms. The number of benzene rings is 1. The maximum Gasteiger partial charge on any atom is 0.336 e. The smallest absolute Gasteiger partial charge is 0.336 e. The lowest BCUT2D eigenvalue weighted by molar-refractivity contribution is -0.123. The van der Waals surface area contributed by atoms with Gasteiger partial charge in [0.25, 0.3) is 5.91 Å². The zero-order valence-corrected chi connectivity index (χ0v) is 12.2. The Morgan fingerprint density at radius 2 is 2.23 bits per heavy atom. The quantitative estimate of drug-likeness (QED) is 0.648. The van der Waals surface area contributed by atoms with E-state index in [0.29, 0.717) is 17.9 Å². The molecule has 0 atom stereocenters. The van der Waals surface area contributed by atoms with E-state index >= 15 is 0 Å². The number of amides is 1. The van der Waals surface area contributed by atoms with Crippen molar-refractivity contribution in [2.24, 2.45) is 0 Å². The van der Waals surface area contributed by atoms with Crippen molar-refractivity contribution in [3.8, 4) is 11.8 Å².